The van der Waals surface area contributed by atoms with Crippen LogP contribution in [-0.2, 0) is 11.3 Å². The predicted octanol–water partition coefficient (Wildman–Crippen LogP) is 2.34. The van der Waals surface area contributed by atoms with Crippen molar-refractivity contribution in [3.8, 4) is 0 Å². The lowest BCUT2D eigenvalue weighted by atomic mass is 10.1. The van der Waals surface area contributed by atoms with Crippen LogP contribution in [0.5, 0.6) is 0 Å². The first-order valence-electron chi connectivity index (χ1n) is 6.25. The summed E-state index contributed by atoms with van der Waals surface area (Å²) < 4.78 is 4.94. The van der Waals surface area contributed by atoms with E-state index in [1.165, 1.54) is 5.56 Å². The fourth-order valence-electron chi connectivity index (χ4n) is 1.64. The van der Waals surface area contributed by atoms with Crippen molar-refractivity contribution in [1.29, 1.82) is 0 Å². The molecule has 0 unspecified atom stereocenters. The Morgan fingerprint density at radius 3 is 2.56 bits per heavy atom. The minimum atomic E-state index is -0.369. The zero-order chi connectivity index (χ0) is 13.4. The zero-order valence-corrected chi connectivity index (χ0v) is 11.1. The molecular weight excluding hydrogens is 230 g/mol. The lowest BCUT2D eigenvalue weighted by Crippen LogP contribution is -2.32. The Balaban J connectivity index is 2.61. The maximum atomic E-state index is 11.8. The van der Waals surface area contributed by atoms with Crippen molar-refractivity contribution in [3.63, 3.8) is 0 Å². The number of hydrogen-bond acceptors (Lipinski definition) is 3. The Hall–Kier alpha value is -1.55. The third-order valence-electron chi connectivity index (χ3n) is 2.56. The smallest absolute Gasteiger partial charge is 0.410 e. The molecule has 1 aromatic rings. The number of benzene rings is 1. The van der Waals surface area contributed by atoms with Gasteiger partial charge in [0, 0.05) is 13.1 Å². The average Bonchev–Trinajstić information content (AvgIpc) is 2.38. The van der Waals surface area contributed by atoms with Crippen LogP contribution in [0.1, 0.15) is 24.5 Å². The molecule has 0 aliphatic rings. The first-order chi connectivity index (χ1) is 8.67. The van der Waals surface area contributed by atoms with E-state index in [0.29, 0.717) is 13.1 Å². The summed E-state index contributed by atoms with van der Waals surface area (Å²) in [6.07, 6.45) is 0.506. The van der Waals surface area contributed by atoms with Crippen molar-refractivity contribution in [2.75, 3.05) is 19.8 Å². The molecule has 1 N–H and O–H groups in total. The summed E-state index contributed by atoms with van der Waals surface area (Å²) in [5.41, 5.74) is 2.28. The lowest BCUT2D eigenvalue weighted by Gasteiger charge is -2.21. The van der Waals surface area contributed by atoms with Crippen LogP contribution >= 0.6 is 0 Å². The lowest BCUT2D eigenvalue weighted by molar-refractivity contribution is 0.0820. The van der Waals surface area contributed by atoms with Crippen LogP contribution in [0, 0.1) is 6.92 Å². The highest BCUT2D eigenvalue weighted by molar-refractivity contribution is 5.67. The number of hydrogen-bond donors (Lipinski definition) is 1. The van der Waals surface area contributed by atoms with Crippen molar-refractivity contribution in [2.45, 2.75) is 26.8 Å². The Bertz CT molecular complexity index is 362. The molecule has 0 saturated carbocycles. The van der Waals surface area contributed by atoms with Gasteiger partial charge in [0.25, 0.3) is 0 Å². The number of carbonyl (C=O) groups is 1. The van der Waals surface area contributed by atoms with Gasteiger partial charge in [-0.3, -0.25) is 0 Å². The molecule has 4 heteroatoms. The van der Waals surface area contributed by atoms with Gasteiger partial charge in [-0.25, -0.2) is 4.79 Å². The average molecular weight is 251 g/mol. The third-order valence-corrected chi connectivity index (χ3v) is 2.56. The van der Waals surface area contributed by atoms with E-state index >= 15 is 0 Å². The molecule has 0 aliphatic heterocycles. The van der Waals surface area contributed by atoms with Gasteiger partial charge in [0.1, 0.15) is 6.61 Å². The Morgan fingerprint density at radius 2 is 2.00 bits per heavy atom. The fraction of sp³-hybridized carbons (Fsp3) is 0.500. The molecule has 1 rings (SSSR count). The molecule has 1 amide bonds. The minimum Gasteiger partial charge on any atom is -0.447 e. The van der Waals surface area contributed by atoms with E-state index < -0.39 is 0 Å². The largest absolute Gasteiger partial charge is 0.447 e. The molecule has 0 heterocycles. The van der Waals surface area contributed by atoms with Crippen molar-refractivity contribution in [3.05, 3.63) is 35.4 Å². The summed E-state index contributed by atoms with van der Waals surface area (Å²) in [7, 11) is 0. The van der Waals surface area contributed by atoms with E-state index in [9.17, 15) is 4.79 Å². The van der Waals surface area contributed by atoms with E-state index in [4.69, 9.17) is 9.84 Å². The summed E-state index contributed by atoms with van der Waals surface area (Å²) in [6.45, 7) is 5.14. The normalized spacial score (nSPS) is 10.2. The van der Waals surface area contributed by atoms with Gasteiger partial charge in [-0.1, -0.05) is 36.8 Å². The number of aliphatic hydroxyl groups is 1. The van der Waals surface area contributed by atoms with Gasteiger partial charge in [0.2, 0.25) is 0 Å². The summed E-state index contributed by atoms with van der Waals surface area (Å²) >= 11 is 0. The molecule has 0 atom stereocenters. The molecule has 18 heavy (non-hydrogen) atoms. The zero-order valence-electron chi connectivity index (χ0n) is 11.1. The summed E-state index contributed by atoms with van der Waals surface area (Å²) in [5, 5.41) is 8.65. The Morgan fingerprint density at radius 1 is 1.33 bits per heavy atom. The second-order valence-corrected chi connectivity index (χ2v) is 4.25. The molecule has 4 nitrogen and oxygen atoms in total. The number of nitrogens with zero attached hydrogens (tertiary/aromatic N) is 1. The molecule has 0 aromatic heterocycles. The van der Waals surface area contributed by atoms with Crippen LogP contribution in [0.4, 0.5) is 4.79 Å². The van der Waals surface area contributed by atoms with Crippen molar-refractivity contribution >= 4 is 6.09 Å². The van der Waals surface area contributed by atoms with Gasteiger partial charge in [0.05, 0.1) is 6.61 Å². The number of rotatable bonds is 6. The van der Waals surface area contributed by atoms with E-state index in [1.807, 2.05) is 38.1 Å². The molecule has 0 bridgehead atoms. The topological polar surface area (TPSA) is 49.8 Å². The molecule has 0 aliphatic carbocycles. The van der Waals surface area contributed by atoms with Crippen LogP contribution in [0.2, 0.25) is 0 Å². The van der Waals surface area contributed by atoms with Crippen LogP contribution < -0.4 is 0 Å². The molecule has 0 saturated heterocycles. The first-order valence-corrected chi connectivity index (χ1v) is 6.25. The number of aryl methyl sites for hydroxylation is 1. The van der Waals surface area contributed by atoms with Gasteiger partial charge < -0.3 is 14.7 Å². The van der Waals surface area contributed by atoms with Crippen LogP contribution in [-0.4, -0.2) is 35.9 Å². The highest BCUT2D eigenvalue weighted by Crippen LogP contribution is 2.08. The van der Waals surface area contributed by atoms with Gasteiger partial charge in [-0.15, -0.1) is 0 Å². The van der Waals surface area contributed by atoms with Gasteiger partial charge in [-0.2, -0.15) is 0 Å². The highest BCUT2D eigenvalue weighted by atomic mass is 16.6. The van der Waals surface area contributed by atoms with Crippen molar-refractivity contribution in [2.24, 2.45) is 0 Å². The van der Waals surface area contributed by atoms with Gasteiger partial charge in [-0.05, 0) is 18.9 Å². The van der Waals surface area contributed by atoms with Crippen LogP contribution in [0.3, 0.4) is 0 Å². The number of aliphatic hydroxyl groups excluding tert-OH is 1. The van der Waals surface area contributed by atoms with E-state index in [-0.39, 0.29) is 19.3 Å². The summed E-state index contributed by atoms with van der Waals surface area (Å²) in [5.74, 6) is 0. The highest BCUT2D eigenvalue weighted by Gasteiger charge is 2.14. The van der Waals surface area contributed by atoms with Crippen molar-refractivity contribution in [1.82, 2.24) is 4.90 Å². The Labute approximate surface area is 108 Å². The fourth-order valence-corrected chi connectivity index (χ4v) is 1.64. The molecule has 0 spiro atoms. The predicted molar refractivity (Wildman–Crippen MR) is 70.3 cm³/mol. The standard InChI is InChI=1S/C14H21NO3/c1-3-8-15(14(17)18-10-9-16)11-13-6-4-12(2)5-7-13/h4-7,16H,3,8-11H2,1-2H3. The van der Waals surface area contributed by atoms with Crippen LogP contribution in [0.25, 0.3) is 0 Å². The van der Waals surface area contributed by atoms with Gasteiger partial charge >= 0.3 is 6.09 Å². The van der Waals surface area contributed by atoms with E-state index in [2.05, 4.69) is 0 Å². The number of ether oxygens (including phenoxy) is 1. The maximum absolute atomic E-state index is 11.8. The maximum Gasteiger partial charge on any atom is 0.410 e. The molecule has 0 radical (unpaired) electrons. The van der Waals surface area contributed by atoms with E-state index in [0.717, 1.165) is 12.0 Å². The second kappa shape index (κ2) is 7.71. The minimum absolute atomic E-state index is 0.0486. The van der Waals surface area contributed by atoms with Gasteiger partial charge in [0.15, 0.2) is 0 Å². The van der Waals surface area contributed by atoms with Crippen molar-refractivity contribution < 1.29 is 14.6 Å². The van der Waals surface area contributed by atoms with Crippen LogP contribution in [0.15, 0.2) is 24.3 Å². The second-order valence-electron chi connectivity index (χ2n) is 4.25. The number of amides is 1. The number of carbonyl (C=O) groups excluding carboxylic acids is 1. The SMILES string of the molecule is CCCN(Cc1ccc(C)cc1)C(=O)OCCO. The quantitative estimate of drug-likeness (QED) is 0.844. The molecule has 100 valence electrons. The first kappa shape index (κ1) is 14.5. The molecule has 0 fully saturated rings. The summed E-state index contributed by atoms with van der Waals surface area (Å²) in [6, 6.07) is 8.08. The third kappa shape index (κ3) is 4.75. The summed E-state index contributed by atoms with van der Waals surface area (Å²) in [4.78, 5) is 13.4. The monoisotopic (exact) mass is 251 g/mol. The molecule has 1 aromatic carbocycles. The Kier molecular flexibility index (Phi) is 6.22. The van der Waals surface area contributed by atoms with E-state index in [1.54, 1.807) is 4.90 Å². The molecular formula is C14H21NO3.